The van der Waals surface area contributed by atoms with E-state index in [1.54, 1.807) is 5.56 Å². The molecule has 1 aromatic rings. The molecule has 0 radical (unpaired) electrons. The number of anilines is 1. The molecule has 1 aliphatic heterocycles. The third-order valence-electron chi connectivity index (χ3n) is 4.58. The summed E-state index contributed by atoms with van der Waals surface area (Å²) in [6.07, 6.45) is 4.40. The van der Waals surface area contributed by atoms with Crippen molar-refractivity contribution in [1.82, 2.24) is 0 Å². The van der Waals surface area contributed by atoms with Crippen molar-refractivity contribution < 1.29 is 0 Å². The summed E-state index contributed by atoms with van der Waals surface area (Å²) in [4.78, 5) is 0. The molecule has 3 aliphatic rings. The average Bonchev–Trinajstić information content (AvgIpc) is 2.72. The van der Waals surface area contributed by atoms with Crippen molar-refractivity contribution in [2.24, 2.45) is 11.8 Å². The molecule has 0 aromatic heterocycles. The van der Waals surface area contributed by atoms with Crippen LogP contribution in [0.1, 0.15) is 30.7 Å². The molecule has 0 bridgehead atoms. The molecule has 4 atom stereocenters. The first-order chi connectivity index (χ1) is 6.95. The Bertz CT molecular complexity index is 385. The van der Waals surface area contributed by atoms with Gasteiger partial charge in [-0.15, -0.1) is 0 Å². The smallest absolute Gasteiger partial charge is 0.0378 e. The maximum Gasteiger partial charge on any atom is 0.0378 e. The molecule has 1 aromatic carbocycles. The summed E-state index contributed by atoms with van der Waals surface area (Å²) < 4.78 is 0. The number of nitrogens with one attached hydrogen (secondary N) is 1. The molecule has 0 spiro atoms. The van der Waals surface area contributed by atoms with Gasteiger partial charge in [0.2, 0.25) is 0 Å². The van der Waals surface area contributed by atoms with E-state index in [0.717, 1.165) is 23.8 Å². The van der Waals surface area contributed by atoms with Gasteiger partial charge in [0.25, 0.3) is 0 Å². The Morgan fingerprint density at radius 2 is 1.93 bits per heavy atom. The van der Waals surface area contributed by atoms with Crippen molar-refractivity contribution in [3.63, 3.8) is 0 Å². The predicted octanol–water partition coefficient (Wildman–Crippen LogP) is 2.99. The summed E-state index contributed by atoms with van der Waals surface area (Å²) in [5.41, 5.74) is 3.01. The van der Waals surface area contributed by atoms with Gasteiger partial charge < -0.3 is 5.32 Å². The summed E-state index contributed by atoms with van der Waals surface area (Å²) in [5, 5.41) is 3.71. The van der Waals surface area contributed by atoms with Gasteiger partial charge in [0.05, 0.1) is 0 Å². The van der Waals surface area contributed by atoms with Crippen LogP contribution in [0.4, 0.5) is 5.69 Å². The third-order valence-corrected chi connectivity index (χ3v) is 4.58. The predicted molar refractivity (Wildman–Crippen MR) is 57.4 cm³/mol. The highest BCUT2D eigenvalue weighted by Crippen LogP contribution is 2.61. The van der Waals surface area contributed by atoms with Gasteiger partial charge in [-0.1, -0.05) is 24.6 Å². The highest BCUT2D eigenvalue weighted by molar-refractivity contribution is 5.62. The van der Waals surface area contributed by atoms with Gasteiger partial charge in [-0.2, -0.15) is 0 Å². The highest BCUT2D eigenvalue weighted by Gasteiger charge is 2.55. The number of fused-ring (bicyclic) bond motifs is 6. The van der Waals surface area contributed by atoms with Crippen LogP contribution in [-0.2, 0) is 0 Å². The minimum Gasteiger partial charge on any atom is -0.381 e. The van der Waals surface area contributed by atoms with Gasteiger partial charge in [-0.05, 0) is 36.3 Å². The highest BCUT2D eigenvalue weighted by atomic mass is 15.0. The summed E-state index contributed by atoms with van der Waals surface area (Å²) in [5.74, 6) is 2.86. The number of para-hydroxylation sites is 1. The van der Waals surface area contributed by atoms with Crippen LogP contribution in [0.2, 0.25) is 0 Å². The van der Waals surface area contributed by atoms with Crippen LogP contribution < -0.4 is 5.32 Å². The zero-order valence-electron chi connectivity index (χ0n) is 8.24. The first kappa shape index (κ1) is 7.33. The van der Waals surface area contributed by atoms with E-state index < -0.39 is 0 Å². The standard InChI is InChI=1S/C13H15N/c1-2-7-11-10(4-1)12-8-5-3-6-9(8)13(12)14-11/h1-2,4,7-9,12-14H,3,5-6H2. The molecule has 2 aliphatic carbocycles. The van der Waals surface area contributed by atoms with Gasteiger partial charge in [0, 0.05) is 17.6 Å². The lowest BCUT2D eigenvalue weighted by Crippen LogP contribution is -2.47. The molecule has 14 heavy (non-hydrogen) atoms. The van der Waals surface area contributed by atoms with E-state index in [1.807, 2.05) is 0 Å². The maximum absolute atomic E-state index is 3.71. The fourth-order valence-corrected chi connectivity index (χ4v) is 4.02. The minimum absolute atomic E-state index is 0.792. The Morgan fingerprint density at radius 1 is 1.07 bits per heavy atom. The quantitative estimate of drug-likeness (QED) is 0.655. The van der Waals surface area contributed by atoms with Gasteiger partial charge in [0.15, 0.2) is 0 Å². The second-order valence-corrected chi connectivity index (χ2v) is 5.04. The Labute approximate surface area is 84.5 Å². The second-order valence-electron chi connectivity index (χ2n) is 5.04. The zero-order chi connectivity index (χ0) is 9.12. The SMILES string of the molecule is c1ccc2c(c1)NC1C3CCCC3C21. The lowest BCUT2D eigenvalue weighted by molar-refractivity contribution is 0.153. The summed E-state index contributed by atoms with van der Waals surface area (Å²) >= 11 is 0. The number of hydrogen-bond donors (Lipinski definition) is 1. The monoisotopic (exact) mass is 185 g/mol. The lowest BCUT2D eigenvalue weighted by atomic mass is 9.62. The molecular formula is C13H15N. The minimum atomic E-state index is 0.792. The van der Waals surface area contributed by atoms with Gasteiger partial charge >= 0.3 is 0 Å². The molecule has 4 unspecified atom stereocenters. The van der Waals surface area contributed by atoms with E-state index in [4.69, 9.17) is 0 Å². The fourth-order valence-electron chi connectivity index (χ4n) is 4.02. The van der Waals surface area contributed by atoms with Crippen LogP contribution in [0.5, 0.6) is 0 Å². The maximum atomic E-state index is 3.71. The normalized spacial score (nSPS) is 42.0. The van der Waals surface area contributed by atoms with Crippen molar-refractivity contribution in [3.8, 4) is 0 Å². The average molecular weight is 185 g/mol. The summed E-state index contributed by atoms with van der Waals surface area (Å²) in [7, 11) is 0. The molecule has 2 saturated carbocycles. The van der Waals surface area contributed by atoms with Crippen molar-refractivity contribution >= 4 is 5.69 Å². The van der Waals surface area contributed by atoms with E-state index in [-0.39, 0.29) is 0 Å². The molecular weight excluding hydrogens is 170 g/mol. The van der Waals surface area contributed by atoms with E-state index in [2.05, 4.69) is 29.6 Å². The first-order valence-corrected chi connectivity index (χ1v) is 5.80. The summed E-state index contributed by atoms with van der Waals surface area (Å²) in [6, 6.07) is 9.68. The largest absolute Gasteiger partial charge is 0.381 e. The van der Waals surface area contributed by atoms with Crippen LogP contribution >= 0.6 is 0 Å². The lowest BCUT2D eigenvalue weighted by Gasteiger charge is -2.45. The summed E-state index contributed by atoms with van der Waals surface area (Å²) in [6.45, 7) is 0. The van der Waals surface area contributed by atoms with Crippen LogP contribution in [-0.4, -0.2) is 6.04 Å². The van der Waals surface area contributed by atoms with E-state index >= 15 is 0 Å². The Kier molecular flexibility index (Phi) is 1.22. The first-order valence-electron chi connectivity index (χ1n) is 5.80. The van der Waals surface area contributed by atoms with E-state index in [0.29, 0.717) is 0 Å². The van der Waals surface area contributed by atoms with Gasteiger partial charge in [-0.25, -0.2) is 0 Å². The van der Waals surface area contributed by atoms with Crippen molar-refractivity contribution in [3.05, 3.63) is 29.8 Å². The Balaban J connectivity index is 1.80. The van der Waals surface area contributed by atoms with Crippen molar-refractivity contribution in [2.45, 2.75) is 31.2 Å². The molecule has 0 saturated heterocycles. The van der Waals surface area contributed by atoms with E-state index in [9.17, 15) is 0 Å². The topological polar surface area (TPSA) is 12.0 Å². The van der Waals surface area contributed by atoms with Gasteiger partial charge in [-0.3, -0.25) is 0 Å². The number of benzene rings is 1. The molecule has 1 N–H and O–H groups in total. The molecule has 2 fully saturated rings. The van der Waals surface area contributed by atoms with Gasteiger partial charge in [0.1, 0.15) is 0 Å². The number of hydrogen-bond acceptors (Lipinski definition) is 1. The van der Waals surface area contributed by atoms with E-state index in [1.165, 1.54) is 24.9 Å². The molecule has 72 valence electrons. The zero-order valence-corrected chi connectivity index (χ0v) is 8.24. The van der Waals surface area contributed by atoms with Crippen LogP contribution in [0.25, 0.3) is 0 Å². The molecule has 0 amide bonds. The Hall–Kier alpha value is -0.980. The molecule has 4 rings (SSSR count). The van der Waals surface area contributed by atoms with Crippen LogP contribution in [0.3, 0.4) is 0 Å². The van der Waals surface area contributed by atoms with Crippen LogP contribution in [0.15, 0.2) is 24.3 Å². The molecule has 1 heteroatoms. The molecule has 1 heterocycles. The third kappa shape index (κ3) is 0.691. The van der Waals surface area contributed by atoms with Crippen LogP contribution in [0, 0.1) is 11.8 Å². The second kappa shape index (κ2) is 2.33. The fraction of sp³-hybridized carbons (Fsp3) is 0.538. The van der Waals surface area contributed by atoms with Crippen molar-refractivity contribution in [1.29, 1.82) is 0 Å². The molecule has 1 nitrogen and oxygen atoms in total. The van der Waals surface area contributed by atoms with Crippen molar-refractivity contribution in [2.75, 3.05) is 5.32 Å². The Morgan fingerprint density at radius 3 is 2.93 bits per heavy atom. The number of rotatable bonds is 0.